The smallest absolute Gasteiger partial charge is 0.0236 e. The van der Waals surface area contributed by atoms with Crippen molar-refractivity contribution in [1.82, 2.24) is 4.90 Å². The van der Waals surface area contributed by atoms with Gasteiger partial charge in [0.2, 0.25) is 0 Å². The molecule has 1 unspecified atom stereocenters. The third kappa shape index (κ3) is 6.43. The van der Waals surface area contributed by atoms with Crippen LogP contribution in [0.3, 0.4) is 0 Å². The minimum atomic E-state index is 0.571. The van der Waals surface area contributed by atoms with E-state index in [1.165, 1.54) is 11.1 Å². The van der Waals surface area contributed by atoms with Crippen molar-refractivity contribution >= 4 is 11.8 Å². The van der Waals surface area contributed by atoms with E-state index in [2.05, 4.69) is 25.0 Å². The zero-order valence-electron chi connectivity index (χ0n) is 12.1. The largest absolute Gasteiger partial charge is 0.330 e. The lowest BCUT2D eigenvalue weighted by molar-refractivity contribution is 0.253. The second-order valence-electron chi connectivity index (χ2n) is 4.69. The Bertz CT molecular complexity index is 284. The molecule has 0 aliphatic carbocycles. The SMILES string of the molecule is C=CC1=C(C=C)CN(CC(C)CN)CC1.CSC. The van der Waals surface area contributed by atoms with Gasteiger partial charge in [0.1, 0.15) is 0 Å². The summed E-state index contributed by atoms with van der Waals surface area (Å²) in [4.78, 5) is 2.45. The van der Waals surface area contributed by atoms with E-state index in [9.17, 15) is 0 Å². The van der Waals surface area contributed by atoms with Gasteiger partial charge in [-0.1, -0.05) is 32.2 Å². The highest BCUT2D eigenvalue weighted by Crippen LogP contribution is 2.20. The van der Waals surface area contributed by atoms with Crippen molar-refractivity contribution < 1.29 is 0 Å². The molecular formula is C15H28N2S. The van der Waals surface area contributed by atoms with E-state index in [1.807, 2.05) is 24.7 Å². The fourth-order valence-corrected chi connectivity index (χ4v) is 1.96. The Morgan fingerprint density at radius 1 is 1.33 bits per heavy atom. The molecule has 1 atom stereocenters. The van der Waals surface area contributed by atoms with Gasteiger partial charge < -0.3 is 5.73 Å². The van der Waals surface area contributed by atoms with Crippen LogP contribution in [0.4, 0.5) is 0 Å². The van der Waals surface area contributed by atoms with E-state index in [1.54, 1.807) is 11.8 Å². The Kier molecular flexibility index (Phi) is 10.1. The van der Waals surface area contributed by atoms with Crippen molar-refractivity contribution in [2.45, 2.75) is 13.3 Å². The van der Waals surface area contributed by atoms with E-state index in [0.717, 1.165) is 32.6 Å². The van der Waals surface area contributed by atoms with Crippen LogP contribution in [0.1, 0.15) is 13.3 Å². The molecular weight excluding hydrogens is 240 g/mol. The molecule has 2 nitrogen and oxygen atoms in total. The van der Waals surface area contributed by atoms with Crippen LogP contribution >= 0.6 is 11.8 Å². The first kappa shape index (κ1) is 17.5. The van der Waals surface area contributed by atoms with E-state index in [-0.39, 0.29) is 0 Å². The summed E-state index contributed by atoms with van der Waals surface area (Å²) in [5, 5.41) is 0. The van der Waals surface area contributed by atoms with Crippen LogP contribution in [-0.4, -0.2) is 43.6 Å². The number of hydrogen-bond acceptors (Lipinski definition) is 3. The predicted molar refractivity (Wildman–Crippen MR) is 86.1 cm³/mol. The van der Waals surface area contributed by atoms with Crippen LogP contribution in [0.5, 0.6) is 0 Å². The summed E-state index contributed by atoms with van der Waals surface area (Å²) < 4.78 is 0. The summed E-state index contributed by atoms with van der Waals surface area (Å²) in [5.74, 6) is 0.571. The van der Waals surface area contributed by atoms with Crippen LogP contribution in [0.2, 0.25) is 0 Å². The number of allylic oxidation sites excluding steroid dienone is 1. The first-order valence-electron chi connectivity index (χ1n) is 6.42. The maximum Gasteiger partial charge on any atom is 0.0236 e. The number of thioether (sulfide) groups is 1. The highest BCUT2D eigenvalue weighted by atomic mass is 32.2. The van der Waals surface area contributed by atoms with Gasteiger partial charge in [-0.25, -0.2) is 0 Å². The Morgan fingerprint density at radius 2 is 1.89 bits per heavy atom. The van der Waals surface area contributed by atoms with E-state index in [0.29, 0.717) is 5.92 Å². The Balaban J connectivity index is 0.000000873. The van der Waals surface area contributed by atoms with Crippen LogP contribution in [0, 0.1) is 5.92 Å². The fraction of sp³-hybridized carbons (Fsp3) is 0.600. The Morgan fingerprint density at radius 3 is 2.33 bits per heavy atom. The van der Waals surface area contributed by atoms with Gasteiger partial charge in [-0.3, -0.25) is 4.90 Å². The van der Waals surface area contributed by atoms with Crippen LogP contribution in [0.25, 0.3) is 0 Å². The minimum Gasteiger partial charge on any atom is -0.330 e. The highest BCUT2D eigenvalue weighted by molar-refractivity contribution is 7.97. The molecule has 1 aliphatic heterocycles. The van der Waals surface area contributed by atoms with Gasteiger partial charge >= 0.3 is 0 Å². The summed E-state index contributed by atoms with van der Waals surface area (Å²) >= 11 is 1.75. The van der Waals surface area contributed by atoms with Gasteiger partial charge in [0.05, 0.1) is 0 Å². The number of nitrogens with two attached hydrogens (primary N) is 1. The molecule has 1 rings (SSSR count). The molecule has 1 heterocycles. The van der Waals surface area contributed by atoms with E-state index < -0.39 is 0 Å². The summed E-state index contributed by atoms with van der Waals surface area (Å²) in [6.45, 7) is 13.8. The van der Waals surface area contributed by atoms with Crippen LogP contribution in [0.15, 0.2) is 36.5 Å². The van der Waals surface area contributed by atoms with Gasteiger partial charge in [0.15, 0.2) is 0 Å². The zero-order valence-corrected chi connectivity index (χ0v) is 12.9. The standard InChI is InChI=1S/C13H22N2.C2H6S/c1-4-12-6-7-15(9-11(3)8-14)10-13(12)5-2;1-3-2/h4-5,11H,1-2,6-10,14H2,3H3;1-2H3. The van der Waals surface area contributed by atoms with Gasteiger partial charge in [0.25, 0.3) is 0 Å². The number of hydrogen-bond donors (Lipinski definition) is 1. The minimum absolute atomic E-state index is 0.571. The molecule has 0 amide bonds. The van der Waals surface area contributed by atoms with Crippen molar-refractivity contribution in [3.05, 3.63) is 36.5 Å². The van der Waals surface area contributed by atoms with Crippen molar-refractivity contribution in [1.29, 1.82) is 0 Å². The lowest BCUT2D eigenvalue weighted by Gasteiger charge is -2.30. The quantitative estimate of drug-likeness (QED) is 0.831. The average molecular weight is 268 g/mol. The molecule has 0 aromatic carbocycles. The third-order valence-corrected chi connectivity index (χ3v) is 2.97. The zero-order chi connectivity index (χ0) is 14.0. The first-order chi connectivity index (χ1) is 8.62. The van der Waals surface area contributed by atoms with Crippen molar-refractivity contribution in [2.24, 2.45) is 11.7 Å². The molecule has 2 N–H and O–H groups in total. The molecule has 3 heteroatoms. The monoisotopic (exact) mass is 268 g/mol. The molecule has 0 saturated carbocycles. The number of rotatable bonds is 5. The molecule has 1 aliphatic rings. The second kappa shape index (κ2) is 10.4. The van der Waals surface area contributed by atoms with Gasteiger partial charge in [-0.15, -0.1) is 0 Å². The fourth-order valence-electron chi connectivity index (χ4n) is 1.96. The summed E-state index contributed by atoms with van der Waals surface area (Å²) in [6, 6.07) is 0. The van der Waals surface area contributed by atoms with E-state index >= 15 is 0 Å². The molecule has 0 aromatic rings. The van der Waals surface area contributed by atoms with Gasteiger partial charge in [-0.2, -0.15) is 11.8 Å². The van der Waals surface area contributed by atoms with Crippen molar-refractivity contribution in [3.63, 3.8) is 0 Å². The Hall–Kier alpha value is -0.510. The van der Waals surface area contributed by atoms with Crippen molar-refractivity contribution in [3.8, 4) is 0 Å². The van der Waals surface area contributed by atoms with Crippen LogP contribution in [-0.2, 0) is 0 Å². The Labute approximate surface area is 117 Å². The molecule has 0 radical (unpaired) electrons. The highest BCUT2D eigenvalue weighted by Gasteiger charge is 2.16. The lowest BCUT2D eigenvalue weighted by atomic mass is 9.99. The molecule has 0 saturated heterocycles. The molecule has 0 aromatic heterocycles. The normalized spacial score (nSPS) is 17.8. The molecule has 18 heavy (non-hydrogen) atoms. The summed E-state index contributed by atoms with van der Waals surface area (Å²) in [5.41, 5.74) is 8.30. The molecule has 0 bridgehead atoms. The molecule has 0 spiro atoms. The van der Waals surface area contributed by atoms with E-state index in [4.69, 9.17) is 5.73 Å². The maximum absolute atomic E-state index is 5.63. The summed E-state index contributed by atoms with van der Waals surface area (Å²) in [6.07, 6.45) is 9.08. The molecule has 0 fully saturated rings. The maximum atomic E-state index is 5.63. The summed E-state index contributed by atoms with van der Waals surface area (Å²) in [7, 11) is 0. The third-order valence-electron chi connectivity index (χ3n) is 2.97. The van der Waals surface area contributed by atoms with Gasteiger partial charge in [0, 0.05) is 19.6 Å². The van der Waals surface area contributed by atoms with Crippen molar-refractivity contribution in [2.75, 3.05) is 38.7 Å². The van der Waals surface area contributed by atoms with Gasteiger partial charge in [-0.05, 0) is 42.5 Å². The lowest BCUT2D eigenvalue weighted by Crippen LogP contribution is -2.36. The average Bonchev–Trinajstić information content (AvgIpc) is 2.39. The van der Waals surface area contributed by atoms with Crippen LogP contribution < -0.4 is 5.73 Å². The molecule has 104 valence electrons. The topological polar surface area (TPSA) is 29.3 Å². The number of nitrogens with zero attached hydrogens (tertiary/aromatic N) is 1. The second-order valence-corrected chi connectivity index (χ2v) is 5.51. The predicted octanol–water partition coefficient (Wildman–Crippen LogP) is 2.93. The first-order valence-corrected chi connectivity index (χ1v) is 8.05.